The van der Waals surface area contributed by atoms with Crippen molar-refractivity contribution in [2.75, 3.05) is 6.67 Å². The van der Waals surface area contributed by atoms with Crippen molar-refractivity contribution >= 4 is 0 Å². The maximum absolute atomic E-state index is 13.0. The van der Waals surface area contributed by atoms with E-state index in [4.69, 9.17) is 5.73 Å². The molecule has 4 heteroatoms. The molecular weight excluding hydrogens is 236 g/mol. The van der Waals surface area contributed by atoms with Crippen LogP contribution in [-0.4, -0.2) is 23.9 Å². The molecule has 1 atom stereocenters. The van der Waals surface area contributed by atoms with Crippen LogP contribution in [0.5, 0.6) is 0 Å². The summed E-state index contributed by atoms with van der Waals surface area (Å²) < 4.78 is 26.0. The molecule has 1 fully saturated rings. The first-order chi connectivity index (χ1) is 8.58. The van der Waals surface area contributed by atoms with Gasteiger partial charge in [-0.25, -0.2) is 8.78 Å². The van der Waals surface area contributed by atoms with Crippen LogP contribution in [0.4, 0.5) is 8.78 Å². The Hall–Kier alpha value is -1.00. The molecular formula is C14H19F2NO. The second-order valence-corrected chi connectivity index (χ2v) is 5.16. The molecule has 1 saturated carbocycles. The minimum absolute atomic E-state index is 0.307. The molecule has 1 aliphatic rings. The van der Waals surface area contributed by atoms with Crippen molar-refractivity contribution in [2.45, 2.75) is 43.2 Å². The molecule has 0 spiro atoms. The van der Waals surface area contributed by atoms with Crippen LogP contribution < -0.4 is 5.73 Å². The van der Waals surface area contributed by atoms with Gasteiger partial charge >= 0.3 is 0 Å². The number of halogens is 2. The van der Waals surface area contributed by atoms with Crippen LogP contribution >= 0.6 is 0 Å². The minimum atomic E-state index is -0.604. The van der Waals surface area contributed by atoms with Crippen molar-refractivity contribution < 1.29 is 13.9 Å². The zero-order valence-corrected chi connectivity index (χ0v) is 10.3. The van der Waals surface area contributed by atoms with Crippen LogP contribution in [0.3, 0.4) is 0 Å². The average Bonchev–Trinajstić information content (AvgIpc) is 2.40. The van der Waals surface area contributed by atoms with Crippen molar-refractivity contribution in [1.82, 2.24) is 0 Å². The Morgan fingerprint density at radius 2 is 1.83 bits per heavy atom. The van der Waals surface area contributed by atoms with E-state index in [0.29, 0.717) is 25.7 Å². The summed E-state index contributed by atoms with van der Waals surface area (Å²) >= 11 is 0. The summed E-state index contributed by atoms with van der Waals surface area (Å²) in [6.07, 6.45) is 2.19. The molecule has 1 aliphatic carbocycles. The van der Waals surface area contributed by atoms with E-state index < -0.39 is 18.1 Å². The highest BCUT2D eigenvalue weighted by Gasteiger charge is 2.41. The van der Waals surface area contributed by atoms with Gasteiger partial charge in [0.15, 0.2) is 0 Å². The molecule has 100 valence electrons. The van der Waals surface area contributed by atoms with E-state index in [1.165, 1.54) is 12.1 Å². The molecule has 0 bridgehead atoms. The Morgan fingerprint density at radius 3 is 2.33 bits per heavy atom. The second kappa shape index (κ2) is 5.33. The van der Waals surface area contributed by atoms with Gasteiger partial charge in [-0.1, -0.05) is 12.1 Å². The fourth-order valence-electron chi connectivity index (χ4n) is 2.92. The van der Waals surface area contributed by atoms with Gasteiger partial charge in [0.2, 0.25) is 0 Å². The van der Waals surface area contributed by atoms with Gasteiger partial charge in [0, 0.05) is 11.5 Å². The normalized spacial score (nSPS) is 30.1. The summed E-state index contributed by atoms with van der Waals surface area (Å²) in [5.41, 5.74) is 6.35. The van der Waals surface area contributed by atoms with Crippen LogP contribution in [0.2, 0.25) is 0 Å². The Morgan fingerprint density at radius 1 is 1.28 bits per heavy atom. The van der Waals surface area contributed by atoms with Crippen LogP contribution in [0.25, 0.3) is 0 Å². The smallest absolute Gasteiger partial charge is 0.123 e. The van der Waals surface area contributed by atoms with Gasteiger partial charge in [-0.3, -0.25) is 0 Å². The van der Waals surface area contributed by atoms with E-state index in [2.05, 4.69) is 0 Å². The third-order valence-corrected chi connectivity index (χ3v) is 4.14. The standard InChI is InChI=1S/C14H19F2NO/c15-9-13(17)14(7-5-12(18)6-8-14)10-1-3-11(16)4-2-10/h1-4,12-13,18H,5-9,17H2/t12-,13?,14+. The van der Waals surface area contributed by atoms with Gasteiger partial charge in [0.05, 0.1) is 6.10 Å². The van der Waals surface area contributed by atoms with Crippen LogP contribution in [-0.2, 0) is 5.41 Å². The van der Waals surface area contributed by atoms with Crippen molar-refractivity contribution in [2.24, 2.45) is 5.73 Å². The predicted molar refractivity (Wildman–Crippen MR) is 66.5 cm³/mol. The average molecular weight is 255 g/mol. The topological polar surface area (TPSA) is 46.2 Å². The number of hydrogen-bond acceptors (Lipinski definition) is 2. The van der Waals surface area contributed by atoms with E-state index in [0.717, 1.165) is 5.56 Å². The summed E-state index contributed by atoms with van der Waals surface area (Å²) in [6, 6.07) is 5.53. The number of rotatable bonds is 3. The Balaban J connectivity index is 2.33. The van der Waals surface area contributed by atoms with Crippen molar-refractivity contribution in [3.8, 4) is 0 Å². The molecule has 0 amide bonds. The molecule has 1 unspecified atom stereocenters. The summed E-state index contributed by atoms with van der Waals surface area (Å²) in [5, 5.41) is 9.59. The Kier molecular flexibility index (Phi) is 3.97. The third-order valence-electron chi connectivity index (χ3n) is 4.14. The van der Waals surface area contributed by atoms with Crippen molar-refractivity contribution in [3.63, 3.8) is 0 Å². The molecule has 0 saturated heterocycles. The lowest BCUT2D eigenvalue weighted by Crippen LogP contribution is -2.49. The highest BCUT2D eigenvalue weighted by Crippen LogP contribution is 2.41. The molecule has 0 radical (unpaired) electrons. The first-order valence-corrected chi connectivity index (χ1v) is 6.34. The molecule has 1 aromatic rings. The summed E-state index contributed by atoms with van der Waals surface area (Å²) in [7, 11) is 0. The Bertz CT molecular complexity index is 385. The van der Waals surface area contributed by atoms with Gasteiger partial charge in [-0.2, -0.15) is 0 Å². The lowest BCUT2D eigenvalue weighted by Gasteiger charge is -2.43. The fourth-order valence-corrected chi connectivity index (χ4v) is 2.92. The first kappa shape index (κ1) is 13.4. The van der Waals surface area contributed by atoms with E-state index in [9.17, 15) is 13.9 Å². The minimum Gasteiger partial charge on any atom is -0.393 e. The molecule has 2 nitrogen and oxygen atoms in total. The monoisotopic (exact) mass is 255 g/mol. The molecule has 0 aliphatic heterocycles. The van der Waals surface area contributed by atoms with E-state index in [-0.39, 0.29) is 11.9 Å². The van der Waals surface area contributed by atoms with Crippen LogP contribution in [0, 0.1) is 5.82 Å². The highest BCUT2D eigenvalue weighted by atomic mass is 19.1. The maximum atomic E-state index is 13.0. The van der Waals surface area contributed by atoms with Gasteiger partial charge in [0.25, 0.3) is 0 Å². The van der Waals surface area contributed by atoms with Crippen LogP contribution in [0.1, 0.15) is 31.2 Å². The Labute approximate surface area is 106 Å². The number of aliphatic hydroxyl groups is 1. The number of hydrogen-bond donors (Lipinski definition) is 2. The predicted octanol–water partition coefficient (Wildman–Crippen LogP) is 2.30. The van der Waals surface area contributed by atoms with Crippen molar-refractivity contribution in [3.05, 3.63) is 35.6 Å². The van der Waals surface area contributed by atoms with E-state index >= 15 is 0 Å². The SMILES string of the molecule is NC(CF)[C@]1(c2ccc(F)cc2)CC[C@H](O)CC1. The van der Waals surface area contributed by atoms with Crippen LogP contribution in [0.15, 0.2) is 24.3 Å². The number of aliphatic hydroxyl groups excluding tert-OH is 1. The second-order valence-electron chi connectivity index (χ2n) is 5.16. The lowest BCUT2D eigenvalue weighted by atomic mass is 9.65. The fraction of sp³-hybridized carbons (Fsp3) is 0.571. The molecule has 1 aromatic carbocycles. The molecule has 2 rings (SSSR count). The van der Waals surface area contributed by atoms with E-state index in [1.54, 1.807) is 12.1 Å². The lowest BCUT2D eigenvalue weighted by molar-refractivity contribution is 0.0813. The highest BCUT2D eigenvalue weighted by molar-refractivity contribution is 5.29. The van der Waals surface area contributed by atoms with Gasteiger partial charge < -0.3 is 10.8 Å². The largest absolute Gasteiger partial charge is 0.393 e. The maximum Gasteiger partial charge on any atom is 0.123 e. The van der Waals surface area contributed by atoms with Gasteiger partial charge in [0.1, 0.15) is 12.5 Å². The summed E-state index contributed by atoms with van der Waals surface area (Å²) in [5.74, 6) is -0.307. The molecule has 0 heterocycles. The number of nitrogens with two attached hydrogens (primary N) is 1. The van der Waals surface area contributed by atoms with Gasteiger partial charge in [-0.15, -0.1) is 0 Å². The zero-order chi connectivity index (χ0) is 13.2. The summed E-state index contributed by atoms with van der Waals surface area (Å²) in [4.78, 5) is 0. The summed E-state index contributed by atoms with van der Waals surface area (Å²) in [6.45, 7) is -0.604. The quantitative estimate of drug-likeness (QED) is 0.870. The van der Waals surface area contributed by atoms with Gasteiger partial charge in [-0.05, 0) is 43.4 Å². The zero-order valence-electron chi connectivity index (χ0n) is 10.3. The van der Waals surface area contributed by atoms with E-state index in [1.807, 2.05) is 0 Å². The number of alkyl halides is 1. The molecule has 18 heavy (non-hydrogen) atoms. The third kappa shape index (κ3) is 2.40. The number of benzene rings is 1. The molecule has 0 aromatic heterocycles. The molecule has 3 N–H and O–H groups in total. The van der Waals surface area contributed by atoms with Crippen molar-refractivity contribution in [1.29, 1.82) is 0 Å². The first-order valence-electron chi connectivity index (χ1n) is 6.34.